The van der Waals surface area contributed by atoms with Crippen LogP contribution in [0.25, 0.3) is 0 Å². The average Bonchev–Trinajstić information content (AvgIpc) is 1.92. The second-order valence-corrected chi connectivity index (χ2v) is 4.57. The van der Waals surface area contributed by atoms with Crippen LogP contribution in [0.3, 0.4) is 0 Å². The molecule has 0 aliphatic rings. The molecule has 0 bridgehead atoms. The van der Waals surface area contributed by atoms with E-state index in [1.54, 1.807) is 6.07 Å². The van der Waals surface area contributed by atoms with Gasteiger partial charge in [0.15, 0.2) is 0 Å². The Bertz CT molecular complexity index is 291. The van der Waals surface area contributed by atoms with Gasteiger partial charge < -0.3 is 0 Å². The van der Waals surface area contributed by atoms with Crippen molar-refractivity contribution in [3.8, 4) is 0 Å². The molecular formula is C9H11BrFN. The summed E-state index contributed by atoms with van der Waals surface area (Å²) in [5.74, 6) is -0.428. The maximum Gasteiger partial charge on any atom is 0.213 e. The van der Waals surface area contributed by atoms with Gasteiger partial charge in [-0.25, -0.2) is 4.98 Å². The molecule has 12 heavy (non-hydrogen) atoms. The van der Waals surface area contributed by atoms with E-state index in [4.69, 9.17) is 0 Å². The minimum absolute atomic E-state index is 0.124. The number of rotatable bonds is 0. The first kappa shape index (κ1) is 9.65. The molecule has 0 aliphatic heterocycles. The first-order valence-electron chi connectivity index (χ1n) is 3.74. The lowest BCUT2D eigenvalue weighted by Crippen LogP contribution is -2.15. The first-order valence-corrected chi connectivity index (χ1v) is 4.53. The molecule has 1 rings (SSSR count). The summed E-state index contributed by atoms with van der Waals surface area (Å²) in [4.78, 5) is 3.83. The minimum Gasteiger partial charge on any atom is -0.223 e. The number of aromatic nitrogens is 1. The van der Waals surface area contributed by atoms with Gasteiger partial charge in [-0.15, -0.1) is 0 Å². The molecule has 0 aliphatic carbocycles. The summed E-state index contributed by atoms with van der Waals surface area (Å²) in [6.07, 6.45) is 0. The van der Waals surface area contributed by atoms with Crippen LogP contribution in [-0.2, 0) is 5.41 Å². The Kier molecular flexibility index (Phi) is 2.52. The second-order valence-electron chi connectivity index (χ2n) is 3.71. The molecular weight excluding hydrogens is 221 g/mol. The van der Waals surface area contributed by atoms with Gasteiger partial charge in [0.2, 0.25) is 5.95 Å². The van der Waals surface area contributed by atoms with E-state index in [9.17, 15) is 4.39 Å². The molecule has 66 valence electrons. The highest BCUT2D eigenvalue weighted by molar-refractivity contribution is 9.10. The molecule has 0 fully saturated rings. The van der Waals surface area contributed by atoms with Gasteiger partial charge in [-0.3, -0.25) is 0 Å². The summed E-state index contributed by atoms with van der Waals surface area (Å²) in [7, 11) is 0. The normalized spacial score (nSPS) is 11.8. The van der Waals surface area contributed by atoms with E-state index in [0.29, 0.717) is 0 Å². The van der Waals surface area contributed by atoms with Crippen molar-refractivity contribution in [2.45, 2.75) is 26.2 Å². The van der Waals surface area contributed by atoms with Crippen molar-refractivity contribution in [2.24, 2.45) is 0 Å². The van der Waals surface area contributed by atoms with Crippen LogP contribution in [0, 0.1) is 5.95 Å². The molecule has 0 atom stereocenters. The van der Waals surface area contributed by atoms with Gasteiger partial charge in [0, 0.05) is 9.89 Å². The van der Waals surface area contributed by atoms with Crippen LogP contribution >= 0.6 is 15.9 Å². The van der Waals surface area contributed by atoms with Crippen molar-refractivity contribution in [3.05, 3.63) is 28.2 Å². The van der Waals surface area contributed by atoms with E-state index in [1.807, 2.05) is 20.8 Å². The van der Waals surface area contributed by atoms with Crippen molar-refractivity contribution < 1.29 is 4.39 Å². The van der Waals surface area contributed by atoms with Crippen molar-refractivity contribution in [1.29, 1.82) is 0 Å². The number of pyridine rings is 1. The highest BCUT2D eigenvalue weighted by Crippen LogP contribution is 2.27. The fourth-order valence-corrected chi connectivity index (χ4v) is 1.76. The standard InChI is InChI=1S/C9H11BrFN/c1-9(2,3)8-6(10)4-5-7(11)12-8/h4-5H,1-3H3. The Hall–Kier alpha value is -0.440. The van der Waals surface area contributed by atoms with E-state index >= 15 is 0 Å². The predicted molar refractivity (Wildman–Crippen MR) is 50.6 cm³/mol. The number of hydrogen-bond acceptors (Lipinski definition) is 1. The van der Waals surface area contributed by atoms with Gasteiger partial charge in [-0.1, -0.05) is 20.8 Å². The molecule has 1 nitrogen and oxygen atoms in total. The van der Waals surface area contributed by atoms with Crippen LogP contribution in [-0.4, -0.2) is 4.98 Å². The smallest absolute Gasteiger partial charge is 0.213 e. The number of hydrogen-bond donors (Lipinski definition) is 0. The Morgan fingerprint density at radius 1 is 1.33 bits per heavy atom. The first-order chi connectivity index (χ1) is 5.41. The zero-order valence-electron chi connectivity index (χ0n) is 7.36. The Balaban J connectivity index is 3.23. The van der Waals surface area contributed by atoms with E-state index in [0.717, 1.165) is 10.2 Å². The SMILES string of the molecule is CC(C)(C)c1nc(F)ccc1Br. The molecule has 1 aromatic heterocycles. The number of halogens is 2. The van der Waals surface area contributed by atoms with Gasteiger partial charge in [0.25, 0.3) is 0 Å². The Labute approximate surface area is 80.1 Å². The summed E-state index contributed by atoms with van der Waals surface area (Å²) < 4.78 is 13.6. The molecule has 0 radical (unpaired) electrons. The van der Waals surface area contributed by atoms with Crippen molar-refractivity contribution in [3.63, 3.8) is 0 Å². The molecule has 0 unspecified atom stereocenters. The summed E-state index contributed by atoms with van der Waals surface area (Å²) in [6.45, 7) is 6.00. The average molecular weight is 232 g/mol. The molecule has 0 aromatic carbocycles. The molecule has 0 saturated carbocycles. The van der Waals surface area contributed by atoms with E-state index in [2.05, 4.69) is 20.9 Å². The quantitative estimate of drug-likeness (QED) is 0.625. The topological polar surface area (TPSA) is 12.9 Å². The van der Waals surface area contributed by atoms with Gasteiger partial charge in [0.1, 0.15) is 0 Å². The molecule has 0 saturated heterocycles. The van der Waals surface area contributed by atoms with Crippen LogP contribution in [0.1, 0.15) is 26.5 Å². The molecule has 0 N–H and O–H groups in total. The fourth-order valence-electron chi connectivity index (χ4n) is 0.944. The largest absolute Gasteiger partial charge is 0.223 e. The summed E-state index contributed by atoms with van der Waals surface area (Å²) in [6, 6.07) is 3.03. The molecule has 0 spiro atoms. The number of nitrogens with zero attached hydrogens (tertiary/aromatic N) is 1. The molecule has 3 heteroatoms. The maximum absolute atomic E-state index is 12.7. The zero-order chi connectivity index (χ0) is 9.35. The Morgan fingerprint density at radius 2 is 1.92 bits per heavy atom. The van der Waals surface area contributed by atoms with Crippen molar-refractivity contribution >= 4 is 15.9 Å². The predicted octanol–water partition coefficient (Wildman–Crippen LogP) is 3.28. The third-order valence-corrected chi connectivity index (χ3v) is 2.16. The van der Waals surface area contributed by atoms with E-state index in [-0.39, 0.29) is 5.41 Å². The summed E-state index contributed by atoms with van der Waals surface area (Å²) >= 11 is 3.34. The van der Waals surface area contributed by atoms with Crippen LogP contribution in [0.4, 0.5) is 4.39 Å². The zero-order valence-corrected chi connectivity index (χ0v) is 8.94. The van der Waals surface area contributed by atoms with E-state index in [1.165, 1.54) is 6.07 Å². The fraction of sp³-hybridized carbons (Fsp3) is 0.444. The molecule has 0 amide bonds. The lowest BCUT2D eigenvalue weighted by Gasteiger charge is -2.18. The minimum atomic E-state index is -0.428. The molecule has 1 heterocycles. The second kappa shape index (κ2) is 3.13. The summed E-state index contributed by atoms with van der Waals surface area (Å²) in [5.41, 5.74) is 0.628. The van der Waals surface area contributed by atoms with Crippen molar-refractivity contribution in [2.75, 3.05) is 0 Å². The third-order valence-electron chi connectivity index (χ3n) is 1.52. The highest BCUT2D eigenvalue weighted by atomic mass is 79.9. The lowest BCUT2D eigenvalue weighted by atomic mass is 9.92. The monoisotopic (exact) mass is 231 g/mol. The van der Waals surface area contributed by atoms with Crippen LogP contribution < -0.4 is 0 Å². The maximum atomic E-state index is 12.7. The van der Waals surface area contributed by atoms with Gasteiger partial charge in [-0.2, -0.15) is 4.39 Å². The van der Waals surface area contributed by atoms with Crippen molar-refractivity contribution in [1.82, 2.24) is 4.98 Å². The lowest BCUT2D eigenvalue weighted by molar-refractivity contribution is 0.520. The van der Waals surface area contributed by atoms with Gasteiger partial charge in [-0.05, 0) is 28.1 Å². The highest BCUT2D eigenvalue weighted by Gasteiger charge is 2.19. The molecule has 1 aromatic rings. The Morgan fingerprint density at radius 3 is 2.33 bits per heavy atom. The van der Waals surface area contributed by atoms with Gasteiger partial charge >= 0.3 is 0 Å². The van der Waals surface area contributed by atoms with Gasteiger partial charge in [0.05, 0.1) is 5.69 Å². The van der Waals surface area contributed by atoms with Crippen LogP contribution in [0.15, 0.2) is 16.6 Å². The summed E-state index contributed by atoms with van der Waals surface area (Å²) in [5, 5.41) is 0. The third kappa shape index (κ3) is 2.03. The van der Waals surface area contributed by atoms with Crippen LogP contribution in [0.5, 0.6) is 0 Å². The van der Waals surface area contributed by atoms with E-state index < -0.39 is 5.95 Å². The van der Waals surface area contributed by atoms with Crippen LogP contribution in [0.2, 0.25) is 0 Å².